The van der Waals surface area contributed by atoms with Crippen LogP contribution in [0.4, 0.5) is 0 Å². The molecule has 1 N–H and O–H groups in total. The molecule has 0 unspecified atom stereocenters. The Morgan fingerprint density at radius 1 is 0.833 bits per heavy atom. The molecule has 0 spiro atoms. The van der Waals surface area contributed by atoms with Crippen molar-refractivity contribution in [1.82, 2.24) is 15.0 Å². The largest absolute Gasteiger partial charge is 0.351 e. The van der Waals surface area contributed by atoms with E-state index in [1.807, 2.05) is 66.7 Å². The van der Waals surface area contributed by atoms with Gasteiger partial charge in [-0.15, -0.1) is 0 Å². The van der Waals surface area contributed by atoms with Gasteiger partial charge in [-0.1, -0.05) is 60.7 Å². The Morgan fingerprint density at radius 3 is 2.17 bits per heavy atom. The fourth-order valence-corrected chi connectivity index (χ4v) is 3.67. The van der Waals surface area contributed by atoms with E-state index in [1.54, 1.807) is 6.07 Å². The molecule has 0 amide bonds. The lowest BCUT2D eigenvalue weighted by molar-refractivity contribution is 0.101. The number of ketones is 1. The van der Waals surface area contributed by atoms with Crippen molar-refractivity contribution in [2.24, 2.45) is 0 Å². The Balaban J connectivity index is 1.88. The highest BCUT2D eigenvalue weighted by Crippen LogP contribution is 2.32. The van der Waals surface area contributed by atoms with E-state index in [1.165, 1.54) is 13.1 Å². The van der Waals surface area contributed by atoms with E-state index in [0.29, 0.717) is 16.4 Å². The van der Waals surface area contributed by atoms with E-state index in [2.05, 4.69) is 9.97 Å². The molecule has 2 aromatic heterocycles. The number of aromatic nitrogens is 3. The standard InChI is InChI=1S/C25H17N3O2/c1-15(29)19-14-26-23-18(25(19)30)12-13-20-24(23)28-22(17-10-6-3-7-11-17)21(27-20)16-8-4-2-5-9-16/h2-14,27H,1H3. The van der Waals surface area contributed by atoms with Crippen LogP contribution < -0.4 is 5.43 Å². The van der Waals surface area contributed by atoms with Crippen molar-refractivity contribution in [3.8, 4) is 22.5 Å². The third-order valence-electron chi connectivity index (χ3n) is 5.17. The third kappa shape index (κ3) is 2.88. The molecule has 0 bridgehead atoms. The van der Waals surface area contributed by atoms with Gasteiger partial charge < -0.3 is 4.98 Å². The van der Waals surface area contributed by atoms with Crippen LogP contribution in [0.3, 0.4) is 0 Å². The molecule has 5 heteroatoms. The zero-order chi connectivity index (χ0) is 20.7. The molecule has 0 aliphatic carbocycles. The number of carbonyl (C=O) groups excluding carboxylic acids is 1. The van der Waals surface area contributed by atoms with E-state index in [0.717, 1.165) is 28.0 Å². The Kier molecular flexibility index (Phi) is 4.21. The molecule has 0 aliphatic heterocycles. The minimum atomic E-state index is -0.315. The zero-order valence-electron chi connectivity index (χ0n) is 16.2. The molecule has 5 rings (SSSR count). The molecule has 0 aliphatic rings. The maximum atomic E-state index is 12.8. The predicted octanol–water partition coefficient (Wildman–Crippen LogP) is 5.01. The monoisotopic (exact) mass is 391 g/mol. The SMILES string of the molecule is CC(=O)c1cnc2c(ccc3[nH]c(-c4ccccc4)c(-c4ccccc4)nc32)c1=O. The van der Waals surface area contributed by atoms with Crippen molar-refractivity contribution in [3.05, 3.63) is 94.8 Å². The Bertz CT molecular complexity index is 1470. The molecule has 0 saturated heterocycles. The van der Waals surface area contributed by atoms with Gasteiger partial charge in [-0.3, -0.25) is 14.6 Å². The number of hydrogen-bond acceptors (Lipinski definition) is 4. The summed E-state index contributed by atoms with van der Waals surface area (Å²) < 4.78 is 0. The smallest absolute Gasteiger partial charge is 0.200 e. The minimum absolute atomic E-state index is 0.0926. The second-order valence-electron chi connectivity index (χ2n) is 7.11. The molecule has 0 atom stereocenters. The molecule has 0 saturated carbocycles. The van der Waals surface area contributed by atoms with E-state index in [-0.39, 0.29) is 16.8 Å². The molecule has 5 nitrogen and oxygen atoms in total. The summed E-state index contributed by atoms with van der Waals surface area (Å²) in [6.45, 7) is 1.37. The van der Waals surface area contributed by atoms with Crippen LogP contribution >= 0.6 is 0 Å². The van der Waals surface area contributed by atoms with Gasteiger partial charge in [-0.05, 0) is 19.1 Å². The lowest BCUT2D eigenvalue weighted by Crippen LogP contribution is -2.14. The number of fused-ring (bicyclic) bond motifs is 3. The first-order valence-corrected chi connectivity index (χ1v) is 9.61. The van der Waals surface area contributed by atoms with Crippen LogP contribution in [-0.2, 0) is 0 Å². The van der Waals surface area contributed by atoms with Crippen LogP contribution in [0.2, 0.25) is 0 Å². The fraction of sp³-hybridized carbons (Fsp3) is 0.0400. The van der Waals surface area contributed by atoms with E-state index in [4.69, 9.17) is 4.98 Å². The molecule has 5 aromatic rings. The van der Waals surface area contributed by atoms with Crippen molar-refractivity contribution in [1.29, 1.82) is 0 Å². The van der Waals surface area contributed by atoms with Crippen LogP contribution in [0.25, 0.3) is 44.5 Å². The lowest BCUT2D eigenvalue weighted by Gasteiger charge is -2.13. The van der Waals surface area contributed by atoms with Crippen molar-refractivity contribution in [3.63, 3.8) is 0 Å². The molecule has 0 fully saturated rings. The summed E-state index contributed by atoms with van der Waals surface area (Å²) in [7, 11) is 0. The van der Waals surface area contributed by atoms with Gasteiger partial charge in [0.05, 0.1) is 27.9 Å². The van der Waals surface area contributed by atoms with Crippen LogP contribution in [-0.4, -0.2) is 20.7 Å². The fourth-order valence-electron chi connectivity index (χ4n) is 3.67. The summed E-state index contributed by atoms with van der Waals surface area (Å²) in [5.41, 5.74) is 5.24. The molecule has 144 valence electrons. The lowest BCUT2D eigenvalue weighted by atomic mass is 10.0. The van der Waals surface area contributed by atoms with Gasteiger partial charge in [0, 0.05) is 17.3 Å². The second kappa shape index (κ2) is 7.04. The van der Waals surface area contributed by atoms with Crippen molar-refractivity contribution >= 4 is 27.7 Å². The first kappa shape index (κ1) is 17.9. The summed E-state index contributed by atoms with van der Waals surface area (Å²) in [6, 6.07) is 23.4. The number of pyridine rings is 1. The number of hydrogen-bond donors (Lipinski definition) is 1. The number of Topliss-reactive ketones (excluding diaryl/α,β-unsaturated/α-hetero) is 1. The normalized spacial score (nSPS) is 11.1. The highest BCUT2D eigenvalue weighted by Gasteiger charge is 2.16. The highest BCUT2D eigenvalue weighted by atomic mass is 16.1. The van der Waals surface area contributed by atoms with Crippen LogP contribution in [0.5, 0.6) is 0 Å². The molecular formula is C25H17N3O2. The van der Waals surface area contributed by atoms with Crippen LogP contribution in [0.1, 0.15) is 17.3 Å². The summed E-state index contributed by atoms with van der Waals surface area (Å²) in [5.74, 6) is -0.293. The zero-order valence-corrected chi connectivity index (χ0v) is 16.2. The summed E-state index contributed by atoms with van der Waals surface area (Å²) in [4.78, 5) is 37.4. The average molecular weight is 391 g/mol. The van der Waals surface area contributed by atoms with Gasteiger partial charge in [-0.2, -0.15) is 0 Å². The van der Waals surface area contributed by atoms with E-state index < -0.39 is 0 Å². The number of aromatic amines is 1. The Labute approximate surface area is 172 Å². The first-order valence-electron chi connectivity index (χ1n) is 9.61. The van der Waals surface area contributed by atoms with Gasteiger partial charge in [0.15, 0.2) is 11.2 Å². The number of nitrogens with zero attached hydrogens (tertiary/aromatic N) is 2. The minimum Gasteiger partial charge on any atom is -0.351 e. The molecular weight excluding hydrogens is 374 g/mol. The second-order valence-corrected chi connectivity index (χ2v) is 7.11. The highest BCUT2D eigenvalue weighted by molar-refractivity contribution is 6.05. The van der Waals surface area contributed by atoms with Gasteiger partial charge in [0.2, 0.25) is 0 Å². The molecule has 0 radical (unpaired) electrons. The third-order valence-corrected chi connectivity index (χ3v) is 5.17. The van der Waals surface area contributed by atoms with E-state index >= 15 is 0 Å². The van der Waals surface area contributed by atoms with Gasteiger partial charge in [0.25, 0.3) is 0 Å². The van der Waals surface area contributed by atoms with Crippen LogP contribution in [0, 0.1) is 0 Å². The maximum Gasteiger partial charge on any atom is 0.200 e. The average Bonchev–Trinajstić information content (AvgIpc) is 2.79. The topological polar surface area (TPSA) is 75.7 Å². The van der Waals surface area contributed by atoms with Crippen molar-refractivity contribution < 1.29 is 4.79 Å². The summed E-state index contributed by atoms with van der Waals surface area (Å²) in [5, 5.41) is 0.391. The number of nitrogens with one attached hydrogen (secondary N) is 1. The van der Waals surface area contributed by atoms with Crippen molar-refractivity contribution in [2.45, 2.75) is 6.92 Å². The molecule has 3 aromatic carbocycles. The predicted molar refractivity (Wildman–Crippen MR) is 119 cm³/mol. The number of rotatable bonds is 3. The van der Waals surface area contributed by atoms with Crippen molar-refractivity contribution in [2.75, 3.05) is 0 Å². The quantitative estimate of drug-likeness (QED) is 0.347. The molecule has 30 heavy (non-hydrogen) atoms. The van der Waals surface area contributed by atoms with Gasteiger partial charge >= 0.3 is 0 Å². The number of carbonyl (C=O) groups is 1. The van der Waals surface area contributed by atoms with E-state index in [9.17, 15) is 9.59 Å². The first-order chi connectivity index (χ1) is 14.6. The molecule has 2 heterocycles. The van der Waals surface area contributed by atoms with Gasteiger partial charge in [0.1, 0.15) is 11.0 Å². The number of H-pyrrole nitrogens is 1. The summed E-state index contributed by atoms with van der Waals surface area (Å²) in [6.07, 6.45) is 1.35. The number of benzene rings is 3. The summed E-state index contributed by atoms with van der Waals surface area (Å²) >= 11 is 0. The van der Waals surface area contributed by atoms with Gasteiger partial charge in [-0.25, -0.2) is 4.98 Å². The maximum absolute atomic E-state index is 12.8. The Hall–Kier alpha value is -4.12. The van der Waals surface area contributed by atoms with Crippen LogP contribution in [0.15, 0.2) is 83.8 Å². The Morgan fingerprint density at radius 2 is 1.50 bits per heavy atom.